The fourth-order valence-corrected chi connectivity index (χ4v) is 4.83. The molecule has 156 valence electrons. The third-order valence-electron chi connectivity index (χ3n) is 7.02. The molecule has 2 heterocycles. The second kappa shape index (κ2) is 7.47. The van der Waals surface area contributed by atoms with E-state index in [1.807, 2.05) is 12.1 Å². The largest absolute Gasteiger partial charge is 0.497 e. The summed E-state index contributed by atoms with van der Waals surface area (Å²) in [4.78, 5) is 5.05. The number of nitrogens with zero attached hydrogens (tertiary/aromatic N) is 2. The van der Waals surface area contributed by atoms with E-state index in [9.17, 15) is 0 Å². The van der Waals surface area contributed by atoms with Crippen LogP contribution in [0.1, 0.15) is 42.5 Å². The van der Waals surface area contributed by atoms with Crippen LogP contribution in [0.5, 0.6) is 11.5 Å². The summed E-state index contributed by atoms with van der Waals surface area (Å²) >= 11 is 0. The van der Waals surface area contributed by atoms with E-state index >= 15 is 0 Å². The summed E-state index contributed by atoms with van der Waals surface area (Å²) < 4.78 is 11.7. The topological polar surface area (TPSA) is 24.9 Å². The summed E-state index contributed by atoms with van der Waals surface area (Å²) in [7, 11) is 1.71. The molecule has 0 saturated carbocycles. The van der Waals surface area contributed by atoms with Gasteiger partial charge < -0.3 is 19.3 Å². The number of rotatable bonds is 4. The zero-order valence-electron chi connectivity index (χ0n) is 18.8. The van der Waals surface area contributed by atoms with E-state index in [1.54, 1.807) is 7.11 Å². The molecule has 1 unspecified atom stereocenters. The molecule has 4 rings (SSSR count). The monoisotopic (exact) mass is 394 g/mol. The molecule has 2 aliphatic rings. The minimum atomic E-state index is -0.0595. The van der Waals surface area contributed by atoms with Crippen LogP contribution < -0.4 is 19.3 Å². The Bertz CT molecular complexity index is 898. The van der Waals surface area contributed by atoms with Gasteiger partial charge in [-0.25, -0.2) is 0 Å². The van der Waals surface area contributed by atoms with E-state index < -0.39 is 0 Å². The summed E-state index contributed by atoms with van der Waals surface area (Å²) in [5.74, 6) is 2.05. The molecule has 2 aliphatic heterocycles. The van der Waals surface area contributed by atoms with Crippen molar-refractivity contribution < 1.29 is 9.47 Å². The fraction of sp³-hybridized carbons (Fsp3) is 0.520. The van der Waals surface area contributed by atoms with E-state index in [-0.39, 0.29) is 5.60 Å². The molecule has 1 fully saturated rings. The van der Waals surface area contributed by atoms with Crippen LogP contribution in [0.3, 0.4) is 0 Å². The van der Waals surface area contributed by atoms with E-state index in [4.69, 9.17) is 9.47 Å². The van der Waals surface area contributed by atoms with E-state index in [0.717, 1.165) is 50.5 Å². The number of piperazine rings is 1. The van der Waals surface area contributed by atoms with Crippen LogP contribution in [0.25, 0.3) is 0 Å². The minimum absolute atomic E-state index is 0.0595. The first kappa shape index (κ1) is 19.9. The zero-order chi connectivity index (χ0) is 20.8. The molecule has 0 N–H and O–H groups in total. The van der Waals surface area contributed by atoms with Gasteiger partial charge in [0.2, 0.25) is 0 Å². The van der Waals surface area contributed by atoms with Gasteiger partial charge in [0.05, 0.1) is 7.11 Å². The Balaban J connectivity index is 1.56. The normalized spacial score (nSPS) is 21.2. The van der Waals surface area contributed by atoms with Crippen LogP contribution >= 0.6 is 0 Å². The van der Waals surface area contributed by atoms with Gasteiger partial charge >= 0.3 is 0 Å². The van der Waals surface area contributed by atoms with Crippen LogP contribution in [0, 0.1) is 20.8 Å². The number of anilines is 2. The maximum Gasteiger partial charge on any atom is 0.127 e. The van der Waals surface area contributed by atoms with Crippen molar-refractivity contribution >= 4 is 11.4 Å². The Hall–Kier alpha value is -2.36. The molecule has 1 atom stereocenters. The SMILES string of the molecule is CCC1(C)Cc2c(C)c(N3CCN(c4ccc(OC)cc4)CC3)c(C)c(C)c2O1. The molecule has 0 spiro atoms. The first-order valence-electron chi connectivity index (χ1n) is 10.8. The van der Waals surface area contributed by atoms with Crippen molar-refractivity contribution in [1.29, 1.82) is 0 Å². The van der Waals surface area contributed by atoms with Gasteiger partial charge in [0.15, 0.2) is 0 Å². The quantitative estimate of drug-likeness (QED) is 0.724. The molecule has 2 aromatic carbocycles. The molecule has 4 nitrogen and oxygen atoms in total. The highest BCUT2D eigenvalue weighted by atomic mass is 16.5. The van der Waals surface area contributed by atoms with Crippen molar-refractivity contribution in [2.75, 3.05) is 43.1 Å². The first-order valence-corrected chi connectivity index (χ1v) is 10.8. The lowest BCUT2D eigenvalue weighted by molar-refractivity contribution is 0.111. The van der Waals surface area contributed by atoms with E-state index in [1.165, 1.54) is 33.6 Å². The molecular formula is C25H34N2O2. The zero-order valence-corrected chi connectivity index (χ0v) is 18.8. The van der Waals surface area contributed by atoms with Crippen molar-refractivity contribution in [1.82, 2.24) is 0 Å². The lowest BCUT2D eigenvalue weighted by Gasteiger charge is -2.39. The highest BCUT2D eigenvalue weighted by Gasteiger charge is 2.37. The summed E-state index contributed by atoms with van der Waals surface area (Å²) in [6, 6.07) is 8.41. The van der Waals surface area contributed by atoms with Gasteiger partial charge in [0.25, 0.3) is 0 Å². The van der Waals surface area contributed by atoms with E-state index in [0.29, 0.717) is 0 Å². The van der Waals surface area contributed by atoms with Gasteiger partial charge in [-0.15, -0.1) is 0 Å². The predicted octanol–water partition coefficient (Wildman–Crippen LogP) is 5.05. The number of ether oxygens (including phenoxy) is 2. The second-order valence-corrected chi connectivity index (χ2v) is 8.79. The third-order valence-corrected chi connectivity index (χ3v) is 7.02. The highest BCUT2D eigenvalue weighted by molar-refractivity contribution is 5.70. The van der Waals surface area contributed by atoms with Crippen molar-refractivity contribution in [3.05, 3.63) is 46.5 Å². The molecule has 0 aromatic heterocycles. The summed E-state index contributed by atoms with van der Waals surface area (Å²) in [6.45, 7) is 15.4. The van der Waals surface area contributed by atoms with Gasteiger partial charge in [0, 0.05) is 49.5 Å². The van der Waals surface area contributed by atoms with Gasteiger partial charge in [0.1, 0.15) is 17.1 Å². The second-order valence-electron chi connectivity index (χ2n) is 8.79. The van der Waals surface area contributed by atoms with Crippen molar-refractivity contribution in [3.63, 3.8) is 0 Å². The van der Waals surface area contributed by atoms with E-state index in [2.05, 4.69) is 56.6 Å². The average Bonchev–Trinajstić information content (AvgIpc) is 3.12. The highest BCUT2D eigenvalue weighted by Crippen LogP contribution is 2.46. The molecule has 4 heteroatoms. The number of methoxy groups -OCH3 is 1. The van der Waals surface area contributed by atoms with Crippen LogP contribution in [0.15, 0.2) is 24.3 Å². The van der Waals surface area contributed by atoms with Crippen molar-refractivity contribution in [3.8, 4) is 11.5 Å². The Labute approximate surface area is 175 Å². The molecular weight excluding hydrogens is 360 g/mol. The standard InChI is InChI=1S/C25H34N2O2/c1-7-25(5)16-22-19(4)23(17(2)18(3)24(22)29-25)27-14-12-26(13-15-27)20-8-10-21(28-6)11-9-20/h8-11H,7,12-16H2,1-6H3. The lowest BCUT2D eigenvalue weighted by Crippen LogP contribution is -2.47. The minimum Gasteiger partial charge on any atom is -0.497 e. The fourth-order valence-electron chi connectivity index (χ4n) is 4.83. The number of hydrogen-bond donors (Lipinski definition) is 0. The molecule has 0 amide bonds. The van der Waals surface area contributed by atoms with Crippen LogP contribution in [0.2, 0.25) is 0 Å². The van der Waals surface area contributed by atoms with Gasteiger partial charge in [-0.05, 0) is 75.1 Å². The summed E-state index contributed by atoms with van der Waals surface area (Å²) in [5.41, 5.74) is 8.17. The molecule has 0 radical (unpaired) electrons. The Kier molecular flexibility index (Phi) is 5.14. The van der Waals surface area contributed by atoms with Crippen molar-refractivity contribution in [2.45, 2.75) is 53.1 Å². The average molecular weight is 395 g/mol. The smallest absolute Gasteiger partial charge is 0.127 e. The Morgan fingerprint density at radius 3 is 2.14 bits per heavy atom. The number of fused-ring (bicyclic) bond motifs is 1. The number of benzene rings is 2. The molecule has 29 heavy (non-hydrogen) atoms. The number of hydrogen-bond acceptors (Lipinski definition) is 4. The Morgan fingerprint density at radius 1 is 0.931 bits per heavy atom. The van der Waals surface area contributed by atoms with Crippen LogP contribution in [-0.2, 0) is 6.42 Å². The Morgan fingerprint density at radius 2 is 1.55 bits per heavy atom. The third kappa shape index (κ3) is 3.43. The molecule has 2 aromatic rings. The maximum absolute atomic E-state index is 6.44. The molecule has 0 aliphatic carbocycles. The van der Waals surface area contributed by atoms with Crippen LogP contribution in [0.4, 0.5) is 11.4 Å². The lowest BCUT2D eigenvalue weighted by atomic mass is 9.90. The molecule has 1 saturated heterocycles. The van der Waals surface area contributed by atoms with Crippen LogP contribution in [-0.4, -0.2) is 38.9 Å². The predicted molar refractivity (Wildman–Crippen MR) is 121 cm³/mol. The molecule has 0 bridgehead atoms. The van der Waals surface area contributed by atoms with Crippen molar-refractivity contribution in [2.24, 2.45) is 0 Å². The maximum atomic E-state index is 6.44. The summed E-state index contributed by atoms with van der Waals surface area (Å²) in [5, 5.41) is 0. The van der Waals surface area contributed by atoms with Gasteiger partial charge in [-0.1, -0.05) is 6.92 Å². The van der Waals surface area contributed by atoms with Gasteiger partial charge in [-0.2, -0.15) is 0 Å². The summed E-state index contributed by atoms with van der Waals surface area (Å²) in [6.07, 6.45) is 2.06. The van der Waals surface area contributed by atoms with Gasteiger partial charge in [-0.3, -0.25) is 0 Å². The first-order chi connectivity index (χ1) is 13.9.